The zero-order valence-corrected chi connectivity index (χ0v) is 18.0. The van der Waals surface area contributed by atoms with E-state index in [1.807, 2.05) is 7.05 Å². The van der Waals surface area contributed by atoms with Gasteiger partial charge in [-0.2, -0.15) is 0 Å². The Kier molecular flexibility index (Phi) is 6.05. The first-order valence-electron chi connectivity index (χ1n) is 10.3. The number of aromatic nitrogens is 3. The minimum Gasteiger partial charge on any atom is -0.483 e. The fourth-order valence-corrected chi connectivity index (χ4v) is 3.96. The van der Waals surface area contributed by atoms with Gasteiger partial charge in [0.2, 0.25) is 0 Å². The quantitative estimate of drug-likeness (QED) is 0.622. The molecule has 10 heteroatoms. The maximum atomic E-state index is 14.6. The van der Waals surface area contributed by atoms with Crippen molar-refractivity contribution in [2.75, 3.05) is 25.5 Å². The number of rotatable bonds is 6. The SMILES string of the molecule is C[C@@H](Nc1ncnc2c1cc(OC1CCN(C)C1)c(=O)n2C)c1cccc(C(F)F)c1F. The fraction of sp³-hybridized carbons (Fsp3) is 0.409. The highest BCUT2D eigenvalue weighted by Gasteiger charge is 2.24. The molecule has 0 spiro atoms. The second kappa shape index (κ2) is 8.78. The smallest absolute Gasteiger partial charge is 0.294 e. The number of likely N-dealkylation sites (tertiary alicyclic amines) is 1. The molecular formula is C22H24F3N5O2. The standard InChI is InChI=1S/C22H24F3N5O2/c1-12(14-5-4-6-15(18(14)23)19(24)25)28-20-16-9-17(32-13-7-8-29(2)10-13)22(31)30(3)21(16)27-11-26-20/h4-6,9,11-13,19H,7-8,10H2,1-3H3,(H,26,27,28)/t12-,13?/m1/s1. The van der Waals surface area contributed by atoms with Crippen LogP contribution in [-0.4, -0.2) is 45.7 Å². The van der Waals surface area contributed by atoms with Gasteiger partial charge < -0.3 is 15.0 Å². The summed E-state index contributed by atoms with van der Waals surface area (Å²) in [6.07, 6.45) is -0.915. The molecule has 32 heavy (non-hydrogen) atoms. The number of nitrogens with zero attached hydrogens (tertiary/aromatic N) is 4. The van der Waals surface area contributed by atoms with E-state index in [0.29, 0.717) is 23.4 Å². The topological polar surface area (TPSA) is 72.3 Å². The fourth-order valence-electron chi connectivity index (χ4n) is 3.96. The van der Waals surface area contributed by atoms with E-state index in [-0.39, 0.29) is 23.0 Å². The predicted molar refractivity (Wildman–Crippen MR) is 115 cm³/mol. The van der Waals surface area contributed by atoms with Crippen molar-refractivity contribution in [1.29, 1.82) is 0 Å². The number of fused-ring (bicyclic) bond motifs is 1. The van der Waals surface area contributed by atoms with E-state index in [1.54, 1.807) is 20.0 Å². The van der Waals surface area contributed by atoms with Crippen molar-refractivity contribution in [3.8, 4) is 5.75 Å². The molecule has 170 valence electrons. The molecule has 2 aromatic heterocycles. The van der Waals surface area contributed by atoms with Crippen LogP contribution in [0.2, 0.25) is 0 Å². The second-order valence-electron chi connectivity index (χ2n) is 8.04. The summed E-state index contributed by atoms with van der Waals surface area (Å²) in [6.45, 7) is 3.25. The number of hydrogen-bond acceptors (Lipinski definition) is 6. The maximum Gasteiger partial charge on any atom is 0.294 e. The molecule has 4 rings (SSSR count). The second-order valence-corrected chi connectivity index (χ2v) is 8.04. The van der Waals surface area contributed by atoms with Gasteiger partial charge in [-0.15, -0.1) is 0 Å². The number of halogens is 3. The van der Waals surface area contributed by atoms with Crippen LogP contribution in [0.1, 0.15) is 36.9 Å². The van der Waals surface area contributed by atoms with Gasteiger partial charge in [-0.05, 0) is 20.4 Å². The molecule has 2 atom stereocenters. The summed E-state index contributed by atoms with van der Waals surface area (Å²) in [7, 11) is 3.57. The summed E-state index contributed by atoms with van der Waals surface area (Å²) in [5, 5.41) is 3.58. The van der Waals surface area contributed by atoms with Crippen molar-refractivity contribution in [3.63, 3.8) is 0 Å². The van der Waals surface area contributed by atoms with Crippen molar-refractivity contribution < 1.29 is 17.9 Å². The van der Waals surface area contributed by atoms with E-state index in [0.717, 1.165) is 19.0 Å². The van der Waals surface area contributed by atoms with Gasteiger partial charge in [0.25, 0.3) is 12.0 Å². The molecule has 1 aromatic carbocycles. The highest BCUT2D eigenvalue weighted by Crippen LogP contribution is 2.30. The van der Waals surface area contributed by atoms with Gasteiger partial charge in [0.1, 0.15) is 29.7 Å². The Balaban J connectivity index is 1.70. The van der Waals surface area contributed by atoms with Gasteiger partial charge in [-0.3, -0.25) is 9.36 Å². The monoisotopic (exact) mass is 447 g/mol. The number of anilines is 1. The summed E-state index contributed by atoms with van der Waals surface area (Å²) in [5.74, 6) is -0.437. The van der Waals surface area contributed by atoms with Crippen LogP contribution in [0.4, 0.5) is 19.0 Å². The molecule has 1 unspecified atom stereocenters. The molecule has 1 fully saturated rings. The van der Waals surface area contributed by atoms with Gasteiger partial charge in [-0.1, -0.05) is 18.2 Å². The third-order valence-corrected chi connectivity index (χ3v) is 5.73. The number of likely N-dealkylation sites (N-methyl/N-ethyl adjacent to an activating group) is 1. The first-order valence-corrected chi connectivity index (χ1v) is 10.3. The van der Waals surface area contributed by atoms with Crippen LogP contribution >= 0.6 is 0 Å². The van der Waals surface area contributed by atoms with Gasteiger partial charge in [-0.25, -0.2) is 23.1 Å². The summed E-state index contributed by atoms with van der Waals surface area (Å²) >= 11 is 0. The number of nitrogens with one attached hydrogen (secondary N) is 1. The molecule has 0 saturated carbocycles. The minimum absolute atomic E-state index is 0.0878. The van der Waals surface area contributed by atoms with Crippen LogP contribution in [0.15, 0.2) is 35.4 Å². The van der Waals surface area contributed by atoms with Crippen molar-refractivity contribution in [2.24, 2.45) is 7.05 Å². The van der Waals surface area contributed by atoms with Crippen LogP contribution in [0.3, 0.4) is 0 Å². The highest BCUT2D eigenvalue weighted by atomic mass is 19.3. The number of ether oxygens (including phenoxy) is 1. The first-order chi connectivity index (χ1) is 15.3. The lowest BCUT2D eigenvalue weighted by Gasteiger charge is -2.19. The molecule has 1 aliphatic heterocycles. The van der Waals surface area contributed by atoms with Crippen molar-refractivity contribution >= 4 is 16.9 Å². The van der Waals surface area contributed by atoms with Crippen LogP contribution in [0.5, 0.6) is 5.75 Å². The normalized spacial score (nSPS) is 17.8. The minimum atomic E-state index is -2.91. The Labute approximate surface area is 182 Å². The predicted octanol–water partition coefficient (Wildman–Crippen LogP) is 3.66. The van der Waals surface area contributed by atoms with E-state index < -0.39 is 23.8 Å². The van der Waals surface area contributed by atoms with Crippen molar-refractivity contribution in [2.45, 2.75) is 31.9 Å². The third kappa shape index (κ3) is 4.14. The summed E-state index contributed by atoms with van der Waals surface area (Å²) in [6, 6.07) is 4.82. The van der Waals surface area contributed by atoms with E-state index >= 15 is 0 Å². The summed E-state index contributed by atoms with van der Waals surface area (Å²) in [5.41, 5.74) is -0.508. The average molecular weight is 447 g/mol. The largest absolute Gasteiger partial charge is 0.483 e. The molecular weight excluding hydrogens is 423 g/mol. The number of pyridine rings is 1. The number of alkyl halides is 2. The summed E-state index contributed by atoms with van der Waals surface area (Å²) < 4.78 is 48.1. The molecule has 0 radical (unpaired) electrons. The zero-order valence-electron chi connectivity index (χ0n) is 18.0. The Morgan fingerprint density at radius 3 is 2.66 bits per heavy atom. The lowest BCUT2D eigenvalue weighted by atomic mass is 10.0. The Hall–Kier alpha value is -3.14. The Bertz CT molecular complexity index is 1200. The number of aryl methyl sites for hydroxylation is 1. The van der Waals surface area contributed by atoms with Gasteiger partial charge in [0, 0.05) is 31.8 Å². The van der Waals surface area contributed by atoms with Crippen LogP contribution < -0.4 is 15.6 Å². The van der Waals surface area contributed by atoms with Crippen LogP contribution in [0.25, 0.3) is 11.0 Å². The molecule has 1 saturated heterocycles. The number of hydrogen-bond donors (Lipinski definition) is 1. The maximum absolute atomic E-state index is 14.6. The molecule has 1 N–H and O–H groups in total. The van der Waals surface area contributed by atoms with E-state index in [2.05, 4.69) is 20.2 Å². The van der Waals surface area contributed by atoms with E-state index in [4.69, 9.17) is 4.74 Å². The van der Waals surface area contributed by atoms with E-state index in [1.165, 1.54) is 23.0 Å². The zero-order chi connectivity index (χ0) is 23.0. The average Bonchev–Trinajstić information content (AvgIpc) is 3.16. The van der Waals surface area contributed by atoms with Gasteiger partial charge in [0.15, 0.2) is 5.75 Å². The highest BCUT2D eigenvalue weighted by molar-refractivity contribution is 5.87. The lowest BCUT2D eigenvalue weighted by Crippen LogP contribution is -2.27. The molecule has 1 aliphatic rings. The Morgan fingerprint density at radius 2 is 1.97 bits per heavy atom. The van der Waals surface area contributed by atoms with Crippen molar-refractivity contribution in [3.05, 3.63) is 57.9 Å². The molecule has 3 aromatic rings. The molecule has 0 aliphatic carbocycles. The molecule has 7 nitrogen and oxygen atoms in total. The molecule has 0 amide bonds. The van der Waals surface area contributed by atoms with Gasteiger partial charge >= 0.3 is 0 Å². The van der Waals surface area contributed by atoms with E-state index in [9.17, 15) is 18.0 Å². The summed E-state index contributed by atoms with van der Waals surface area (Å²) in [4.78, 5) is 23.3. The van der Waals surface area contributed by atoms with Crippen molar-refractivity contribution in [1.82, 2.24) is 19.4 Å². The van der Waals surface area contributed by atoms with Gasteiger partial charge in [0.05, 0.1) is 17.0 Å². The first kappa shape index (κ1) is 22.1. The lowest BCUT2D eigenvalue weighted by molar-refractivity contribution is 0.146. The van der Waals surface area contributed by atoms with Crippen LogP contribution in [0, 0.1) is 5.82 Å². The Morgan fingerprint density at radius 1 is 1.22 bits per heavy atom. The van der Waals surface area contributed by atoms with Crippen LogP contribution in [-0.2, 0) is 7.05 Å². The number of benzene rings is 1. The molecule has 3 heterocycles. The third-order valence-electron chi connectivity index (χ3n) is 5.73. The molecule has 0 bridgehead atoms.